The highest BCUT2D eigenvalue weighted by Gasteiger charge is 2.35. The topological polar surface area (TPSA) is 89.8 Å². The zero-order chi connectivity index (χ0) is 23.4. The maximum absolute atomic E-state index is 12.8. The smallest absolute Gasteiger partial charge is 0.293 e. The third kappa shape index (κ3) is 5.30. The third-order valence-electron chi connectivity index (χ3n) is 5.17. The summed E-state index contributed by atoms with van der Waals surface area (Å²) in [6, 6.07) is 21.0. The normalized spacial score (nSPS) is 14.7. The predicted octanol–water partition coefficient (Wildman–Crippen LogP) is 5.72. The fourth-order valence-corrected chi connectivity index (χ4v) is 4.16. The van der Waals surface area contributed by atoms with Crippen molar-refractivity contribution in [1.29, 1.82) is 0 Å². The fraction of sp³-hybridized carbons (Fsp3) is 0.120. The number of nitro benzene ring substituents is 1. The molecule has 1 aliphatic rings. The maximum atomic E-state index is 12.8. The van der Waals surface area contributed by atoms with Gasteiger partial charge in [0.2, 0.25) is 0 Å². The van der Waals surface area contributed by atoms with Crippen LogP contribution in [-0.2, 0) is 17.9 Å². The van der Waals surface area contributed by atoms with E-state index in [1.165, 1.54) is 17.0 Å². The molecule has 0 unspecified atom stereocenters. The number of carbonyl (C=O) groups excluding carboxylic acids is 2. The number of carbonyl (C=O) groups is 2. The molecule has 7 nitrogen and oxygen atoms in total. The molecule has 0 aliphatic carbocycles. The molecule has 1 fully saturated rings. The van der Waals surface area contributed by atoms with Crippen LogP contribution >= 0.6 is 11.8 Å². The van der Waals surface area contributed by atoms with Crippen LogP contribution in [0.15, 0.2) is 77.7 Å². The predicted molar refractivity (Wildman–Crippen MR) is 127 cm³/mol. The molecule has 0 radical (unpaired) electrons. The van der Waals surface area contributed by atoms with Gasteiger partial charge in [0.15, 0.2) is 0 Å². The van der Waals surface area contributed by atoms with E-state index in [0.29, 0.717) is 10.7 Å². The average Bonchev–Trinajstić information content (AvgIpc) is 3.07. The number of amides is 2. The molecule has 0 bridgehead atoms. The second kappa shape index (κ2) is 9.70. The number of nitrogens with zero attached hydrogens (tertiary/aromatic N) is 2. The molecule has 1 saturated heterocycles. The number of aryl methyl sites for hydroxylation is 1. The molecule has 3 aromatic carbocycles. The second-order valence-electron chi connectivity index (χ2n) is 7.48. The molecule has 0 saturated carbocycles. The van der Waals surface area contributed by atoms with Crippen molar-refractivity contribution < 1.29 is 19.2 Å². The van der Waals surface area contributed by atoms with Crippen molar-refractivity contribution in [2.24, 2.45) is 0 Å². The van der Waals surface area contributed by atoms with Crippen molar-refractivity contribution in [3.63, 3.8) is 0 Å². The van der Waals surface area contributed by atoms with Crippen molar-refractivity contribution in [2.75, 3.05) is 0 Å². The number of hydrogen-bond donors (Lipinski definition) is 0. The number of non-ortho nitro benzene ring substituents is 1. The largest absolute Gasteiger partial charge is 0.489 e. The summed E-state index contributed by atoms with van der Waals surface area (Å²) in [4.78, 5) is 37.2. The molecule has 0 aromatic heterocycles. The first-order valence-electron chi connectivity index (χ1n) is 10.2. The second-order valence-corrected chi connectivity index (χ2v) is 8.47. The van der Waals surface area contributed by atoms with E-state index in [9.17, 15) is 19.7 Å². The molecule has 33 heavy (non-hydrogen) atoms. The molecular weight excluding hydrogens is 440 g/mol. The zero-order valence-corrected chi connectivity index (χ0v) is 18.6. The summed E-state index contributed by atoms with van der Waals surface area (Å²) in [5, 5.41) is 10.5. The lowest BCUT2D eigenvalue weighted by Crippen LogP contribution is -2.27. The van der Waals surface area contributed by atoms with Gasteiger partial charge in [0, 0.05) is 12.1 Å². The van der Waals surface area contributed by atoms with Crippen LogP contribution in [0.4, 0.5) is 10.5 Å². The Morgan fingerprint density at radius 3 is 2.52 bits per heavy atom. The Morgan fingerprint density at radius 2 is 1.79 bits per heavy atom. The highest BCUT2D eigenvalue weighted by atomic mass is 32.2. The van der Waals surface area contributed by atoms with Crippen LogP contribution in [0.2, 0.25) is 0 Å². The lowest BCUT2D eigenvalue weighted by Gasteiger charge is -2.14. The highest BCUT2D eigenvalue weighted by molar-refractivity contribution is 8.18. The minimum Gasteiger partial charge on any atom is -0.489 e. The first kappa shape index (κ1) is 22.3. The van der Waals surface area contributed by atoms with Gasteiger partial charge in [0.05, 0.1) is 16.4 Å². The van der Waals surface area contributed by atoms with Crippen molar-refractivity contribution in [1.82, 2.24) is 4.90 Å². The standard InChI is InChI=1S/C25H20N2O5S/c1-17-5-2-3-7-20(17)15-26-24(28)23(33-25(26)29)14-19-6-4-8-22(13-19)32-16-18-9-11-21(12-10-18)27(30)31/h2-14H,15-16H2,1H3/b23-14-. The van der Waals surface area contributed by atoms with Gasteiger partial charge in [-0.15, -0.1) is 0 Å². The third-order valence-corrected chi connectivity index (χ3v) is 6.08. The minimum atomic E-state index is -0.448. The molecule has 1 aliphatic heterocycles. The van der Waals surface area contributed by atoms with Crippen LogP contribution in [-0.4, -0.2) is 21.0 Å². The quantitative estimate of drug-likeness (QED) is 0.255. The number of thioether (sulfide) groups is 1. The average molecular weight is 461 g/mol. The van der Waals surface area contributed by atoms with E-state index in [1.54, 1.807) is 36.4 Å². The molecule has 4 rings (SSSR count). The molecule has 0 spiro atoms. The number of ether oxygens (including phenoxy) is 1. The Kier molecular flexibility index (Phi) is 6.55. The van der Waals surface area contributed by atoms with Crippen LogP contribution < -0.4 is 4.74 Å². The number of nitro groups is 1. The molecule has 8 heteroatoms. The van der Waals surface area contributed by atoms with Crippen LogP contribution in [0, 0.1) is 17.0 Å². The van der Waals surface area contributed by atoms with E-state index in [2.05, 4.69) is 0 Å². The molecule has 0 N–H and O–H groups in total. The number of rotatable bonds is 7. The summed E-state index contributed by atoms with van der Waals surface area (Å²) in [6.07, 6.45) is 1.68. The van der Waals surface area contributed by atoms with Crippen LogP contribution in [0.25, 0.3) is 6.08 Å². The highest BCUT2D eigenvalue weighted by Crippen LogP contribution is 2.34. The van der Waals surface area contributed by atoms with Gasteiger partial charge < -0.3 is 4.74 Å². The Bertz CT molecular complexity index is 1250. The van der Waals surface area contributed by atoms with E-state index >= 15 is 0 Å². The maximum Gasteiger partial charge on any atom is 0.293 e. The van der Waals surface area contributed by atoms with E-state index in [4.69, 9.17) is 4.74 Å². The Balaban J connectivity index is 1.44. The van der Waals surface area contributed by atoms with Crippen LogP contribution in [0.3, 0.4) is 0 Å². The lowest BCUT2D eigenvalue weighted by atomic mass is 10.1. The van der Waals surface area contributed by atoms with E-state index < -0.39 is 4.92 Å². The van der Waals surface area contributed by atoms with Crippen molar-refractivity contribution in [2.45, 2.75) is 20.1 Å². The Morgan fingerprint density at radius 1 is 1.03 bits per heavy atom. The van der Waals surface area contributed by atoms with Gasteiger partial charge in [0.25, 0.3) is 16.8 Å². The summed E-state index contributed by atoms with van der Waals surface area (Å²) >= 11 is 0.924. The first-order valence-corrected chi connectivity index (χ1v) is 11.0. The van der Waals surface area contributed by atoms with E-state index in [-0.39, 0.29) is 30.0 Å². The Labute approximate surface area is 194 Å². The van der Waals surface area contributed by atoms with Crippen molar-refractivity contribution >= 4 is 34.7 Å². The van der Waals surface area contributed by atoms with Gasteiger partial charge in [-0.05, 0) is 71.3 Å². The molecule has 1 heterocycles. The molecule has 3 aromatic rings. The molecule has 2 amide bonds. The Hall–Kier alpha value is -3.91. The fourth-order valence-electron chi connectivity index (χ4n) is 3.32. The lowest BCUT2D eigenvalue weighted by molar-refractivity contribution is -0.384. The van der Waals surface area contributed by atoms with Crippen LogP contribution in [0.1, 0.15) is 22.3 Å². The SMILES string of the molecule is Cc1ccccc1CN1C(=O)S/C(=C\c2cccc(OCc3ccc([N+](=O)[O-])cc3)c2)C1=O. The van der Waals surface area contributed by atoms with E-state index in [0.717, 1.165) is 34.0 Å². The van der Waals surface area contributed by atoms with Gasteiger partial charge in [-0.2, -0.15) is 0 Å². The molecule has 166 valence electrons. The number of benzene rings is 3. The summed E-state index contributed by atoms with van der Waals surface area (Å²) in [7, 11) is 0. The monoisotopic (exact) mass is 460 g/mol. The number of imide groups is 1. The van der Waals surface area contributed by atoms with Gasteiger partial charge >= 0.3 is 0 Å². The summed E-state index contributed by atoms with van der Waals surface area (Å²) in [5.74, 6) is 0.270. The number of hydrogen-bond acceptors (Lipinski definition) is 6. The summed E-state index contributed by atoms with van der Waals surface area (Å²) in [6.45, 7) is 2.44. The van der Waals surface area contributed by atoms with Gasteiger partial charge in [-0.25, -0.2) is 0 Å². The van der Waals surface area contributed by atoms with E-state index in [1.807, 2.05) is 37.3 Å². The summed E-state index contributed by atoms with van der Waals surface area (Å²) in [5.41, 5.74) is 3.51. The minimum absolute atomic E-state index is 0.0251. The van der Waals surface area contributed by atoms with Crippen molar-refractivity contribution in [3.8, 4) is 5.75 Å². The van der Waals surface area contributed by atoms with Gasteiger partial charge in [-0.1, -0.05) is 36.4 Å². The first-order chi connectivity index (χ1) is 15.9. The van der Waals surface area contributed by atoms with Gasteiger partial charge in [0.1, 0.15) is 12.4 Å². The van der Waals surface area contributed by atoms with Crippen LogP contribution in [0.5, 0.6) is 5.75 Å². The van der Waals surface area contributed by atoms with Gasteiger partial charge in [-0.3, -0.25) is 24.6 Å². The molecule has 0 atom stereocenters. The van der Waals surface area contributed by atoms with Crippen molar-refractivity contribution in [3.05, 3.63) is 110 Å². The summed E-state index contributed by atoms with van der Waals surface area (Å²) < 4.78 is 5.79. The zero-order valence-electron chi connectivity index (χ0n) is 17.8. The molecular formula is C25H20N2O5S.